The van der Waals surface area contributed by atoms with Crippen molar-refractivity contribution in [2.45, 2.75) is 40.3 Å². The first kappa shape index (κ1) is 11.4. The molecule has 0 radical (unpaired) electrons. The number of fused-ring (bicyclic) bond motifs is 1. The molecule has 1 N–H and O–H groups in total. The van der Waals surface area contributed by atoms with Crippen LogP contribution in [0.3, 0.4) is 0 Å². The van der Waals surface area contributed by atoms with Crippen molar-refractivity contribution in [3.63, 3.8) is 0 Å². The summed E-state index contributed by atoms with van der Waals surface area (Å²) in [7, 11) is 0. The third-order valence-corrected chi connectivity index (χ3v) is 2.77. The Bertz CT molecular complexity index is 390. The SMILES string of the molecule is Cc1ncc2c(c1O)CO[C@@H](C(C)C)OC2. The van der Waals surface area contributed by atoms with E-state index in [0.717, 1.165) is 11.1 Å². The normalized spacial score (nSPS) is 20.6. The van der Waals surface area contributed by atoms with Crippen molar-refractivity contribution in [2.75, 3.05) is 0 Å². The Hall–Kier alpha value is -1.13. The number of pyridine rings is 1. The Morgan fingerprint density at radius 3 is 2.75 bits per heavy atom. The molecule has 2 heterocycles. The van der Waals surface area contributed by atoms with Gasteiger partial charge >= 0.3 is 0 Å². The van der Waals surface area contributed by atoms with E-state index in [0.29, 0.717) is 24.8 Å². The van der Waals surface area contributed by atoms with Crippen molar-refractivity contribution in [2.24, 2.45) is 5.92 Å². The lowest BCUT2D eigenvalue weighted by Crippen LogP contribution is -2.21. The van der Waals surface area contributed by atoms with Crippen LogP contribution in [0.1, 0.15) is 30.7 Å². The number of aryl methyl sites for hydroxylation is 1. The molecule has 1 aliphatic rings. The van der Waals surface area contributed by atoms with Gasteiger partial charge in [0, 0.05) is 23.2 Å². The molecule has 1 aromatic heterocycles. The zero-order valence-corrected chi connectivity index (χ0v) is 9.86. The molecular formula is C12H17NO3. The summed E-state index contributed by atoms with van der Waals surface area (Å²) in [5, 5.41) is 9.90. The van der Waals surface area contributed by atoms with E-state index in [2.05, 4.69) is 4.98 Å². The molecule has 2 rings (SSSR count). The molecule has 0 aliphatic carbocycles. The molecule has 0 saturated heterocycles. The second kappa shape index (κ2) is 4.39. The first-order chi connectivity index (χ1) is 7.59. The van der Waals surface area contributed by atoms with Gasteiger partial charge < -0.3 is 14.6 Å². The number of ether oxygens (including phenoxy) is 2. The summed E-state index contributed by atoms with van der Waals surface area (Å²) in [6.07, 6.45) is 1.53. The minimum absolute atomic E-state index is 0.216. The van der Waals surface area contributed by atoms with Crippen LogP contribution in [0.15, 0.2) is 6.20 Å². The van der Waals surface area contributed by atoms with Gasteiger partial charge in [0.2, 0.25) is 0 Å². The number of hydrogen-bond acceptors (Lipinski definition) is 4. The first-order valence-corrected chi connectivity index (χ1v) is 5.49. The van der Waals surface area contributed by atoms with Gasteiger partial charge in [-0.15, -0.1) is 0 Å². The monoisotopic (exact) mass is 223 g/mol. The van der Waals surface area contributed by atoms with Gasteiger partial charge in [0.15, 0.2) is 6.29 Å². The van der Waals surface area contributed by atoms with E-state index in [4.69, 9.17) is 9.47 Å². The van der Waals surface area contributed by atoms with E-state index in [1.807, 2.05) is 13.8 Å². The van der Waals surface area contributed by atoms with Crippen LogP contribution in [0, 0.1) is 12.8 Å². The van der Waals surface area contributed by atoms with Gasteiger partial charge in [0.25, 0.3) is 0 Å². The van der Waals surface area contributed by atoms with Crippen molar-refractivity contribution in [3.8, 4) is 5.75 Å². The van der Waals surface area contributed by atoms with E-state index >= 15 is 0 Å². The summed E-state index contributed by atoms with van der Waals surface area (Å²) < 4.78 is 11.2. The highest BCUT2D eigenvalue weighted by atomic mass is 16.7. The summed E-state index contributed by atoms with van der Waals surface area (Å²) in [6, 6.07) is 0. The van der Waals surface area contributed by atoms with Gasteiger partial charge in [-0.3, -0.25) is 4.98 Å². The minimum atomic E-state index is -0.216. The van der Waals surface area contributed by atoms with Crippen LogP contribution in [-0.2, 0) is 22.7 Å². The maximum absolute atomic E-state index is 9.90. The summed E-state index contributed by atoms with van der Waals surface area (Å²) in [5.41, 5.74) is 2.34. The third-order valence-electron chi connectivity index (χ3n) is 2.77. The van der Waals surface area contributed by atoms with Crippen LogP contribution >= 0.6 is 0 Å². The summed E-state index contributed by atoms with van der Waals surface area (Å²) in [4.78, 5) is 4.12. The Kier molecular flexibility index (Phi) is 3.12. The second-order valence-electron chi connectivity index (χ2n) is 4.43. The fraction of sp³-hybridized carbons (Fsp3) is 0.583. The van der Waals surface area contributed by atoms with Gasteiger partial charge in [-0.25, -0.2) is 0 Å². The fourth-order valence-electron chi connectivity index (χ4n) is 1.74. The number of aromatic nitrogens is 1. The maximum Gasteiger partial charge on any atom is 0.160 e. The molecule has 0 amide bonds. The molecule has 88 valence electrons. The molecule has 0 saturated carbocycles. The van der Waals surface area contributed by atoms with Gasteiger partial charge in [-0.2, -0.15) is 0 Å². The number of rotatable bonds is 1. The molecule has 0 fully saturated rings. The largest absolute Gasteiger partial charge is 0.506 e. The molecule has 4 nitrogen and oxygen atoms in total. The standard InChI is InChI=1S/C12H17NO3/c1-7(2)12-15-5-9-4-13-8(3)11(14)10(9)6-16-12/h4,7,12,14H,5-6H2,1-3H3/t12-/m0/s1. The predicted octanol–water partition coefficient (Wildman–Crippen LogP) is 2.12. The van der Waals surface area contributed by atoms with Crippen molar-refractivity contribution in [3.05, 3.63) is 23.0 Å². The van der Waals surface area contributed by atoms with Crippen LogP contribution in [-0.4, -0.2) is 16.4 Å². The van der Waals surface area contributed by atoms with E-state index < -0.39 is 0 Å². The van der Waals surface area contributed by atoms with E-state index in [1.165, 1.54) is 0 Å². The van der Waals surface area contributed by atoms with E-state index in [9.17, 15) is 5.11 Å². The fourth-order valence-corrected chi connectivity index (χ4v) is 1.74. The average molecular weight is 223 g/mol. The molecule has 16 heavy (non-hydrogen) atoms. The molecule has 0 bridgehead atoms. The van der Waals surface area contributed by atoms with Gasteiger partial charge in [-0.1, -0.05) is 13.8 Å². The van der Waals surface area contributed by atoms with E-state index in [1.54, 1.807) is 13.1 Å². The van der Waals surface area contributed by atoms with Crippen molar-refractivity contribution in [1.82, 2.24) is 4.98 Å². The first-order valence-electron chi connectivity index (χ1n) is 5.49. The van der Waals surface area contributed by atoms with Gasteiger partial charge in [0.1, 0.15) is 5.75 Å². The number of aromatic hydroxyl groups is 1. The average Bonchev–Trinajstić information content (AvgIpc) is 2.46. The lowest BCUT2D eigenvalue weighted by atomic mass is 10.1. The topological polar surface area (TPSA) is 51.6 Å². The molecule has 1 atom stereocenters. The number of hydrogen-bond donors (Lipinski definition) is 1. The lowest BCUT2D eigenvalue weighted by molar-refractivity contribution is -0.172. The molecule has 0 aromatic carbocycles. The lowest BCUT2D eigenvalue weighted by Gasteiger charge is -2.18. The summed E-state index contributed by atoms with van der Waals surface area (Å²) in [5.74, 6) is 0.524. The third kappa shape index (κ3) is 2.03. The van der Waals surface area contributed by atoms with Crippen LogP contribution in [0.5, 0.6) is 5.75 Å². The van der Waals surface area contributed by atoms with Crippen molar-refractivity contribution in [1.29, 1.82) is 0 Å². The predicted molar refractivity (Wildman–Crippen MR) is 58.8 cm³/mol. The summed E-state index contributed by atoms with van der Waals surface area (Å²) >= 11 is 0. The van der Waals surface area contributed by atoms with Crippen LogP contribution in [0.4, 0.5) is 0 Å². The molecule has 1 aromatic rings. The maximum atomic E-state index is 9.90. The smallest absolute Gasteiger partial charge is 0.160 e. The molecule has 1 aliphatic heterocycles. The van der Waals surface area contributed by atoms with Gasteiger partial charge in [-0.05, 0) is 6.92 Å². The van der Waals surface area contributed by atoms with E-state index in [-0.39, 0.29) is 12.0 Å². The van der Waals surface area contributed by atoms with Crippen LogP contribution < -0.4 is 0 Å². The summed E-state index contributed by atoms with van der Waals surface area (Å²) in [6.45, 7) is 6.70. The minimum Gasteiger partial charge on any atom is -0.506 e. The van der Waals surface area contributed by atoms with Crippen LogP contribution in [0.25, 0.3) is 0 Å². The highest BCUT2D eigenvalue weighted by Crippen LogP contribution is 2.29. The Labute approximate surface area is 95.2 Å². The zero-order valence-electron chi connectivity index (χ0n) is 9.86. The highest BCUT2D eigenvalue weighted by Gasteiger charge is 2.22. The zero-order chi connectivity index (χ0) is 11.7. The molecule has 4 heteroatoms. The van der Waals surface area contributed by atoms with Crippen LogP contribution in [0.2, 0.25) is 0 Å². The van der Waals surface area contributed by atoms with Gasteiger partial charge in [0.05, 0.1) is 18.9 Å². The Morgan fingerprint density at radius 2 is 2.06 bits per heavy atom. The molecular weight excluding hydrogens is 206 g/mol. The Balaban J connectivity index is 2.27. The number of nitrogens with zero attached hydrogens (tertiary/aromatic N) is 1. The second-order valence-corrected chi connectivity index (χ2v) is 4.43. The quantitative estimate of drug-likeness (QED) is 0.792. The van der Waals surface area contributed by atoms with Crippen molar-refractivity contribution >= 4 is 0 Å². The highest BCUT2D eigenvalue weighted by molar-refractivity contribution is 5.40. The Morgan fingerprint density at radius 1 is 1.38 bits per heavy atom. The van der Waals surface area contributed by atoms with Crippen molar-refractivity contribution < 1.29 is 14.6 Å². The molecule has 0 spiro atoms. The molecule has 0 unspecified atom stereocenters.